The lowest BCUT2D eigenvalue weighted by Crippen LogP contribution is -2.10. The van der Waals surface area contributed by atoms with Crippen LogP contribution < -0.4 is 10.1 Å². The summed E-state index contributed by atoms with van der Waals surface area (Å²) in [6.45, 7) is 5.00. The number of ether oxygens (including phenoxy) is 2. The van der Waals surface area contributed by atoms with Gasteiger partial charge in [0.15, 0.2) is 0 Å². The maximum absolute atomic E-state index is 11.7. The lowest BCUT2D eigenvalue weighted by atomic mass is 10.2. The Bertz CT molecular complexity index is 978. The molecule has 0 unspecified atom stereocenters. The molecule has 8 heteroatoms. The van der Waals surface area contributed by atoms with Gasteiger partial charge in [-0.25, -0.2) is 9.48 Å². The Hall–Kier alpha value is -3.13. The standard InChI is InChI=1S/C20H21N3O4S/c1-3-25-17-11-7-14(8-12-17)18-22-23(20(28)27-18)13-21-16-9-5-15(6-10-16)19(24)26-4-2/h5-12,21H,3-4,13H2,1-2H3. The summed E-state index contributed by atoms with van der Waals surface area (Å²) in [6, 6.07) is 14.5. The van der Waals surface area contributed by atoms with Crippen LogP contribution in [0.25, 0.3) is 11.5 Å². The third-order valence-corrected chi connectivity index (χ3v) is 4.14. The van der Waals surface area contributed by atoms with E-state index in [1.807, 2.05) is 31.2 Å². The maximum atomic E-state index is 11.7. The summed E-state index contributed by atoms with van der Waals surface area (Å²) < 4.78 is 17.6. The molecule has 0 bridgehead atoms. The van der Waals surface area contributed by atoms with Gasteiger partial charge in [-0.3, -0.25) is 0 Å². The highest BCUT2D eigenvalue weighted by atomic mass is 32.1. The van der Waals surface area contributed by atoms with Crippen molar-refractivity contribution in [2.45, 2.75) is 20.5 Å². The molecule has 0 fully saturated rings. The molecule has 2 aromatic carbocycles. The van der Waals surface area contributed by atoms with Crippen LogP contribution in [0.1, 0.15) is 24.2 Å². The Morgan fingerprint density at radius 1 is 1.11 bits per heavy atom. The highest BCUT2D eigenvalue weighted by molar-refractivity contribution is 7.71. The SMILES string of the molecule is CCOC(=O)c1ccc(NCn2nc(-c3ccc(OCC)cc3)oc2=S)cc1. The molecule has 0 amide bonds. The lowest BCUT2D eigenvalue weighted by Gasteiger charge is -2.07. The van der Waals surface area contributed by atoms with Crippen LogP contribution in [-0.2, 0) is 11.4 Å². The molecular formula is C20H21N3O4S. The molecule has 0 aliphatic rings. The Labute approximate surface area is 167 Å². The molecule has 0 saturated carbocycles. The zero-order chi connectivity index (χ0) is 19.9. The minimum Gasteiger partial charge on any atom is -0.494 e. The van der Waals surface area contributed by atoms with Gasteiger partial charge in [0.2, 0.25) is 5.89 Å². The van der Waals surface area contributed by atoms with Crippen molar-refractivity contribution >= 4 is 23.9 Å². The number of hydrogen-bond donors (Lipinski definition) is 1. The van der Waals surface area contributed by atoms with E-state index in [4.69, 9.17) is 26.1 Å². The van der Waals surface area contributed by atoms with Gasteiger partial charge in [-0.2, -0.15) is 0 Å². The van der Waals surface area contributed by atoms with Crippen LogP contribution in [0.2, 0.25) is 0 Å². The molecule has 0 aliphatic heterocycles. The smallest absolute Gasteiger partial charge is 0.338 e. The minimum atomic E-state index is -0.340. The second-order valence-corrected chi connectivity index (χ2v) is 6.11. The van der Waals surface area contributed by atoms with Crippen LogP contribution in [-0.4, -0.2) is 29.0 Å². The minimum absolute atomic E-state index is 0.263. The maximum Gasteiger partial charge on any atom is 0.338 e. The predicted octanol–water partition coefficient (Wildman–Crippen LogP) is 4.52. The van der Waals surface area contributed by atoms with Crippen molar-refractivity contribution in [3.05, 3.63) is 58.9 Å². The van der Waals surface area contributed by atoms with Gasteiger partial charge in [0.05, 0.1) is 18.8 Å². The monoisotopic (exact) mass is 399 g/mol. The Morgan fingerprint density at radius 2 is 1.82 bits per heavy atom. The Kier molecular flexibility index (Phi) is 6.44. The number of rotatable bonds is 8. The van der Waals surface area contributed by atoms with Crippen molar-refractivity contribution < 1.29 is 18.7 Å². The van der Waals surface area contributed by atoms with Crippen molar-refractivity contribution in [3.63, 3.8) is 0 Å². The van der Waals surface area contributed by atoms with Crippen molar-refractivity contribution in [1.82, 2.24) is 9.78 Å². The van der Waals surface area contributed by atoms with Crippen LogP contribution in [0, 0.1) is 4.84 Å². The number of carbonyl (C=O) groups excluding carboxylic acids is 1. The first-order valence-electron chi connectivity index (χ1n) is 8.93. The summed E-state index contributed by atoms with van der Waals surface area (Å²) in [5, 5.41) is 7.60. The topological polar surface area (TPSA) is 78.5 Å². The number of anilines is 1. The largest absolute Gasteiger partial charge is 0.494 e. The van der Waals surface area contributed by atoms with Gasteiger partial charge in [-0.05, 0) is 74.6 Å². The molecule has 1 N–H and O–H groups in total. The first kappa shape index (κ1) is 19.6. The van der Waals surface area contributed by atoms with E-state index in [2.05, 4.69) is 10.4 Å². The van der Waals surface area contributed by atoms with E-state index in [-0.39, 0.29) is 10.8 Å². The van der Waals surface area contributed by atoms with Gasteiger partial charge in [0, 0.05) is 11.3 Å². The van der Waals surface area contributed by atoms with Crippen LogP contribution in [0.5, 0.6) is 5.75 Å². The number of aromatic nitrogens is 2. The number of benzene rings is 2. The first-order chi connectivity index (χ1) is 13.6. The molecular weight excluding hydrogens is 378 g/mol. The molecule has 0 saturated heterocycles. The Balaban J connectivity index is 1.65. The Morgan fingerprint density at radius 3 is 2.46 bits per heavy atom. The lowest BCUT2D eigenvalue weighted by molar-refractivity contribution is 0.0526. The van der Waals surface area contributed by atoms with Gasteiger partial charge in [-0.1, -0.05) is 0 Å². The third kappa shape index (κ3) is 4.77. The number of nitrogens with zero attached hydrogens (tertiary/aromatic N) is 2. The zero-order valence-electron chi connectivity index (χ0n) is 15.7. The molecule has 28 heavy (non-hydrogen) atoms. The van der Waals surface area contributed by atoms with Gasteiger partial charge >= 0.3 is 5.97 Å². The van der Waals surface area contributed by atoms with E-state index < -0.39 is 0 Å². The van der Waals surface area contributed by atoms with Crippen LogP contribution in [0.3, 0.4) is 0 Å². The van der Waals surface area contributed by atoms with E-state index in [9.17, 15) is 4.79 Å². The molecule has 0 atom stereocenters. The molecule has 146 valence electrons. The van der Waals surface area contributed by atoms with Crippen molar-refractivity contribution in [2.24, 2.45) is 0 Å². The van der Waals surface area contributed by atoms with Crippen molar-refractivity contribution in [2.75, 3.05) is 18.5 Å². The second kappa shape index (κ2) is 9.18. The van der Waals surface area contributed by atoms with Gasteiger partial charge in [-0.15, -0.1) is 5.10 Å². The fraction of sp³-hybridized carbons (Fsp3) is 0.250. The summed E-state index contributed by atoms with van der Waals surface area (Å²) in [5.74, 6) is 0.887. The van der Waals surface area contributed by atoms with Crippen LogP contribution in [0.4, 0.5) is 5.69 Å². The molecule has 0 spiro atoms. The van der Waals surface area contributed by atoms with Gasteiger partial charge < -0.3 is 19.2 Å². The van der Waals surface area contributed by atoms with E-state index in [0.717, 1.165) is 17.0 Å². The average Bonchev–Trinajstić information content (AvgIpc) is 3.08. The molecule has 0 radical (unpaired) electrons. The zero-order valence-corrected chi connectivity index (χ0v) is 16.5. The van der Waals surface area contributed by atoms with E-state index in [1.54, 1.807) is 35.9 Å². The fourth-order valence-corrected chi connectivity index (χ4v) is 2.67. The molecule has 1 aromatic heterocycles. The van der Waals surface area contributed by atoms with Gasteiger partial charge in [0.25, 0.3) is 4.84 Å². The molecule has 1 heterocycles. The van der Waals surface area contributed by atoms with E-state index >= 15 is 0 Å². The van der Waals surface area contributed by atoms with Gasteiger partial charge in [0.1, 0.15) is 12.4 Å². The highest BCUT2D eigenvalue weighted by Gasteiger charge is 2.09. The predicted molar refractivity (Wildman–Crippen MR) is 108 cm³/mol. The number of esters is 1. The first-order valence-corrected chi connectivity index (χ1v) is 9.33. The third-order valence-electron chi connectivity index (χ3n) is 3.85. The molecule has 3 rings (SSSR count). The second-order valence-electron chi connectivity index (χ2n) is 5.76. The fourth-order valence-electron chi connectivity index (χ4n) is 2.49. The molecule has 3 aromatic rings. The van der Waals surface area contributed by atoms with Crippen molar-refractivity contribution in [3.8, 4) is 17.2 Å². The highest BCUT2D eigenvalue weighted by Crippen LogP contribution is 2.21. The summed E-state index contributed by atoms with van der Waals surface area (Å²) in [7, 11) is 0. The molecule has 7 nitrogen and oxygen atoms in total. The normalized spacial score (nSPS) is 10.5. The quantitative estimate of drug-likeness (QED) is 0.441. The van der Waals surface area contributed by atoms with Crippen molar-refractivity contribution in [1.29, 1.82) is 0 Å². The molecule has 0 aliphatic carbocycles. The van der Waals surface area contributed by atoms with E-state index in [0.29, 0.717) is 31.3 Å². The summed E-state index contributed by atoms with van der Waals surface area (Å²) in [5.41, 5.74) is 2.14. The van der Waals surface area contributed by atoms with Crippen LogP contribution in [0.15, 0.2) is 52.9 Å². The number of nitrogens with one attached hydrogen (secondary N) is 1. The van der Waals surface area contributed by atoms with E-state index in [1.165, 1.54) is 0 Å². The average molecular weight is 399 g/mol. The summed E-state index contributed by atoms with van der Waals surface area (Å²) >= 11 is 5.25. The van der Waals surface area contributed by atoms with Crippen LogP contribution >= 0.6 is 12.2 Å². The summed E-state index contributed by atoms with van der Waals surface area (Å²) in [4.78, 5) is 11.9. The number of hydrogen-bond acceptors (Lipinski definition) is 7. The number of carbonyl (C=O) groups is 1. The summed E-state index contributed by atoms with van der Waals surface area (Å²) in [6.07, 6.45) is 0.